The molecule has 0 aliphatic carbocycles. The topological polar surface area (TPSA) is 29.5 Å². The van der Waals surface area contributed by atoms with Crippen molar-refractivity contribution >= 4 is 81.2 Å². The molecule has 1 heterocycles. The monoisotopic (exact) mass is 695 g/mol. The molecule has 0 aliphatic heterocycles. The van der Waals surface area contributed by atoms with Crippen LogP contribution < -0.4 is 20.6 Å². The summed E-state index contributed by atoms with van der Waals surface area (Å²) in [5, 5.41) is 10.6. The first-order chi connectivity index (χ1) is 25.2. The van der Waals surface area contributed by atoms with E-state index in [-0.39, 0.29) is 6.04 Å². The molecule has 1 aromatic heterocycles. The van der Waals surface area contributed by atoms with E-state index in [1.165, 1.54) is 32.2 Å². The second kappa shape index (κ2) is 13.6. The molecule has 51 heavy (non-hydrogen) atoms. The van der Waals surface area contributed by atoms with Crippen LogP contribution in [0.25, 0.3) is 43.5 Å². The van der Waals surface area contributed by atoms with Crippen LogP contribution in [0.3, 0.4) is 0 Å². The number of benzene rings is 8. The summed E-state index contributed by atoms with van der Waals surface area (Å²) in [6.07, 6.45) is 0. The van der Waals surface area contributed by atoms with Crippen LogP contribution in [0.15, 0.2) is 196 Å². The van der Waals surface area contributed by atoms with Gasteiger partial charge in [-0.2, -0.15) is 0 Å². The highest BCUT2D eigenvalue weighted by atomic mass is 31.1. The van der Waals surface area contributed by atoms with Crippen LogP contribution in [-0.2, 0) is 0 Å². The van der Waals surface area contributed by atoms with E-state index in [9.17, 15) is 0 Å². The van der Waals surface area contributed by atoms with Crippen molar-refractivity contribution in [3.8, 4) is 0 Å². The predicted octanol–water partition coefficient (Wildman–Crippen LogP) is 12.4. The largest absolute Gasteiger partial charge is 0.404 e. The third kappa shape index (κ3) is 5.79. The van der Waals surface area contributed by atoms with Crippen LogP contribution >= 0.6 is 16.1 Å². The van der Waals surface area contributed by atoms with Gasteiger partial charge in [-0.25, -0.2) is 0 Å². The number of nitrogens with zero attached hydrogens (tertiary/aromatic N) is 1. The molecule has 9 rings (SSSR count). The molecule has 1 atom stereocenters. The van der Waals surface area contributed by atoms with Gasteiger partial charge in [0.25, 0.3) is 0 Å². The van der Waals surface area contributed by atoms with Crippen molar-refractivity contribution in [1.82, 2.24) is 0 Å². The molecule has 8 aromatic carbocycles. The first-order valence-electron chi connectivity index (χ1n) is 17.3. The van der Waals surface area contributed by atoms with E-state index in [0.29, 0.717) is 0 Å². The zero-order valence-electron chi connectivity index (χ0n) is 28.1. The van der Waals surface area contributed by atoms with Crippen molar-refractivity contribution in [2.75, 3.05) is 4.67 Å². The van der Waals surface area contributed by atoms with Crippen LogP contribution in [0.5, 0.6) is 0 Å². The van der Waals surface area contributed by atoms with Gasteiger partial charge in [0.2, 0.25) is 0 Å². The Bertz CT molecular complexity index is 2540. The van der Waals surface area contributed by atoms with Crippen LogP contribution in [0, 0.1) is 0 Å². The smallest absolute Gasteiger partial charge is 0.342 e. The van der Waals surface area contributed by atoms with Crippen LogP contribution in [-0.4, -0.2) is 0 Å². The second-order valence-corrected chi connectivity index (χ2v) is 16.1. The van der Waals surface area contributed by atoms with Gasteiger partial charge in [0.05, 0.1) is 11.7 Å². The van der Waals surface area contributed by atoms with Crippen molar-refractivity contribution in [3.05, 3.63) is 194 Å². The normalized spacial score (nSPS) is 12.1. The third-order valence-corrected chi connectivity index (χ3v) is 13.7. The van der Waals surface area contributed by atoms with Crippen molar-refractivity contribution in [2.45, 2.75) is 13.0 Å². The number of hydrogen-bond donors (Lipinski definition) is 0. The van der Waals surface area contributed by atoms with E-state index in [4.69, 9.17) is 8.39 Å². The average Bonchev–Trinajstić information content (AvgIpc) is 3.37. The van der Waals surface area contributed by atoms with Gasteiger partial charge in [-0.05, 0) is 70.8 Å². The average molecular weight is 696 g/mol. The lowest BCUT2D eigenvalue weighted by Crippen LogP contribution is -2.28. The van der Waals surface area contributed by atoms with E-state index >= 15 is 0 Å². The summed E-state index contributed by atoms with van der Waals surface area (Å²) in [6.45, 7) is 2.27. The minimum absolute atomic E-state index is 0.0761. The van der Waals surface area contributed by atoms with E-state index in [0.717, 1.165) is 38.4 Å². The molecule has 0 saturated carbocycles. The molecule has 0 unspecified atom stereocenters. The highest BCUT2D eigenvalue weighted by Crippen LogP contribution is 2.49. The minimum Gasteiger partial charge on any atom is -0.404 e. The molecule has 0 fully saturated rings. The minimum atomic E-state index is -1.72. The summed E-state index contributed by atoms with van der Waals surface area (Å²) in [5.41, 5.74) is 3.94. The lowest BCUT2D eigenvalue weighted by Gasteiger charge is -2.32. The molecule has 0 amide bonds. The molecule has 246 valence electrons. The Labute approximate surface area is 299 Å². The van der Waals surface area contributed by atoms with Crippen LogP contribution in [0.4, 0.5) is 5.69 Å². The van der Waals surface area contributed by atoms with E-state index < -0.39 is 16.1 Å². The standard InChI is InChI=1S/C46H35NO2P2/c1-33(34-17-5-2-6-18-34)47(41-27-15-16-28-44(41)50(37-21-7-3-8-22-37)38-23-9-4-10-24-38)51-48-42-31-29-35-19-11-13-25-39(35)45(42)46-40-26-14-12-20-36(40)30-32-43(46)49-51/h2-33H,1H3/t33-/m0/s1. The molecule has 0 N–H and O–H groups in total. The van der Waals surface area contributed by atoms with Crippen molar-refractivity contribution in [1.29, 1.82) is 0 Å². The van der Waals surface area contributed by atoms with E-state index in [1.54, 1.807) is 0 Å². The quantitative estimate of drug-likeness (QED) is 0.155. The van der Waals surface area contributed by atoms with Crippen LogP contribution in [0.1, 0.15) is 18.5 Å². The predicted molar refractivity (Wildman–Crippen MR) is 219 cm³/mol. The Balaban J connectivity index is 1.39. The Kier molecular flexibility index (Phi) is 8.38. The van der Waals surface area contributed by atoms with Gasteiger partial charge in [0, 0.05) is 16.1 Å². The fraction of sp³-hybridized carbons (Fsp3) is 0.0435. The van der Waals surface area contributed by atoms with Crippen molar-refractivity contribution in [2.24, 2.45) is 0 Å². The van der Waals surface area contributed by atoms with Crippen molar-refractivity contribution in [3.63, 3.8) is 0 Å². The van der Waals surface area contributed by atoms with Gasteiger partial charge >= 0.3 is 8.16 Å². The lowest BCUT2D eigenvalue weighted by atomic mass is 9.99. The summed E-state index contributed by atoms with van der Waals surface area (Å²) in [4.78, 5) is 0. The Morgan fingerprint density at radius 1 is 0.471 bits per heavy atom. The Morgan fingerprint density at radius 2 is 0.922 bits per heavy atom. The molecule has 0 aliphatic rings. The van der Waals surface area contributed by atoms with Crippen molar-refractivity contribution < 1.29 is 8.39 Å². The fourth-order valence-electron chi connectivity index (χ4n) is 7.18. The van der Waals surface area contributed by atoms with Crippen LogP contribution in [0.2, 0.25) is 0 Å². The van der Waals surface area contributed by atoms with Gasteiger partial charge in [-0.1, -0.05) is 170 Å². The molecule has 3 nitrogen and oxygen atoms in total. The molecule has 0 saturated heterocycles. The van der Waals surface area contributed by atoms with Gasteiger partial charge in [0.15, 0.2) is 0 Å². The summed E-state index contributed by atoms with van der Waals surface area (Å²) >= 11 is 0. The maximum atomic E-state index is 7.28. The molecule has 5 heteroatoms. The number of anilines is 1. The molecule has 0 spiro atoms. The fourth-order valence-corrected chi connectivity index (χ4v) is 11.3. The van der Waals surface area contributed by atoms with Gasteiger partial charge < -0.3 is 8.39 Å². The molecular formula is C46H35NO2P2. The number of hydrogen-bond acceptors (Lipinski definition) is 3. The molecule has 0 bridgehead atoms. The number of rotatable bonds is 7. The zero-order chi connectivity index (χ0) is 34.1. The van der Waals surface area contributed by atoms with E-state index in [2.05, 4.69) is 200 Å². The summed E-state index contributed by atoms with van der Waals surface area (Å²) in [6, 6.07) is 67.0. The van der Waals surface area contributed by atoms with E-state index in [1.807, 2.05) is 0 Å². The zero-order valence-corrected chi connectivity index (χ0v) is 29.9. The Hall–Kier alpha value is -5.59. The highest BCUT2D eigenvalue weighted by molar-refractivity contribution is 7.80. The molecular weight excluding hydrogens is 660 g/mol. The van der Waals surface area contributed by atoms with Gasteiger partial charge in [0.1, 0.15) is 11.2 Å². The second-order valence-electron chi connectivity index (χ2n) is 12.7. The number of para-hydroxylation sites is 1. The summed E-state index contributed by atoms with van der Waals surface area (Å²) in [5.74, 6) is 0. The third-order valence-electron chi connectivity index (χ3n) is 9.61. The maximum absolute atomic E-state index is 7.28. The number of fused-ring (bicyclic) bond motifs is 7. The SMILES string of the molecule is C[C@@H](c1ccccc1)N(c1ccccc1P(c1ccccc1)c1ccccc1)p1oc2ccc3ccccc3c2c2c(ccc3ccccc32)o1. The maximum Gasteiger partial charge on any atom is 0.342 e. The van der Waals surface area contributed by atoms with Gasteiger partial charge in [-0.3, -0.25) is 4.67 Å². The first-order valence-corrected chi connectivity index (χ1v) is 19.7. The molecule has 0 radical (unpaired) electrons. The summed E-state index contributed by atoms with van der Waals surface area (Å²) in [7, 11) is -2.64. The lowest BCUT2D eigenvalue weighted by molar-refractivity contribution is 0.620. The highest BCUT2D eigenvalue weighted by Gasteiger charge is 2.29. The molecule has 9 aromatic rings. The summed E-state index contributed by atoms with van der Waals surface area (Å²) < 4.78 is 17.0. The Morgan fingerprint density at radius 3 is 1.47 bits per heavy atom. The van der Waals surface area contributed by atoms with Gasteiger partial charge in [-0.15, -0.1) is 0 Å². The first kappa shape index (κ1) is 31.4.